The molecule has 0 radical (unpaired) electrons. The van der Waals surface area contributed by atoms with Crippen molar-refractivity contribution in [2.45, 2.75) is 13.5 Å². The molecule has 0 spiro atoms. The predicted octanol–water partition coefficient (Wildman–Crippen LogP) is 2.07. The molecule has 1 aromatic carbocycles. The van der Waals surface area contributed by atoms with E-state index in [-0.39, 0.29) is 11.9 Å². The lowest BCUT2D eigenvalue weighted by molar-refractivity contribution is 0.102. The van der Waals surface area contributed by atoms with E-state index >= 15 is 0 Å². The van der Waals surface area contributed by atoms with Gasteiger partial charge in [-0.3, -0.25) is 10.1 Å². The fourth-order valence-corrected chi connectivity index (χ4v) is 1.57. The molecule has 0 fully saturated rings. The summed E-state index contributed by atoms with van der Waals surface area (Å²) < 4.78 is 0. The first-order chi connectivity index (χ1) is 9.10. The van der Waals surface area contributed by atoms with Crippen LogP contribution in [0.4, 0.5) is 5.95 Å². The van der Waals surface area contributed by atoms with E-state index in [1.807, 2.05) is 6.92 Å². The topological polar surface area (TPSA) is 72.7 Å². The van der Waals surface area contributed by atoms with Crippen molar-refractivity contribution in [1.82, 2.24) is 20.2 Å². The molecule has 1 N–H and O–H groups in total. The number of carbonyl (C=O) groups excluding carboxylic acids is 1. The highest BCUT2D eigenvalue weighted by Gasteiger charge is 2.10. The van der Waals surface area contributed by atoms with E-state index in [2.05, 4.69) is 27.3 Å². The number of tetrazole rings is 1. The summed E-state index contributed by atoms with van der Waals surface area (Å²) >= 11 is 5.97. The van der Waals surface area contributed by atoms with Crippen molar-refractivity contribution in [3.05, 3.63) is 47.0 Å². The van der Waals surface area contributed by atoms with Crippen LogP contribution in [0.25, 0.3) is 0 Å². The molecule has 7 heteroatoms. The Kier molecular flexibility index (Phi) is 3.91. The maximum absolute atomic E-state index is 11.9. The van der Waals surface area contributed by atoms with Crippen molar-refractivity contribution < 1.29 is 4.79 Å². The number of hydrogen-bond acceptors (Lipinski definition) is 4. The standard InChI is InChI=1S/C12H12ClN5O/c1-3-6-18-16-12(15-17-18)14-11(19)9-5-4-8(2)10(13)7-9/h3-5,7H,1,6H2,2H3,(H,14,16,19). The zero-order valence-corrected chi connectivity index (χ0v) is 11.1. The third kappa shape index (κ3) is 3.17. The van der Waals surface area contributed by atoms with Gasteiger partial charge in [0, 0.05) is 10.6 Å². The summed E-state index contributed by atoms with van der Waals surface area (Å²) in [6.45, 7) is 5.86. The minimum absolute atomic E-state index is 0.142. The number of nitrogens with zero attached hydrogens (tertiary/aromatic N) is 4. The molecule has 2 aromatic rings. The first kappa shape index (κ1) is 13.2. The summed E-state index contributed by atoms with van der Waals surface area (Å²) in [4.78, 5) is 13.3. The number of rotatable bonds is 4. The summed E-state index contributed by atoms with van der Waals surface area (Å²) in [5.74, 6) is -0.191. The molecule has 98 valence electrons. The largest absolute Gasteiger partial charge is 0.288 e. The van der Waals surface area contributed by atoms with Crippen LogP contribution in [0.2, 0.25) is 5.02 Å². The molecule has 0 aliphatic rings. The molecule has 1 aromatic heterocycles. The fraction of sp³-hybridized carbons (Fsp3) is 0.167. The van der Waals surface area contributed by atoms with Crippen LogP contribution in [0.15, 0.2) is 30.9 Å². The van der Waals surface area contributed by atoms with Gasteiger partial charge in [-0.05, 0) is 29.8 Å². The zero-order valence-electron chi connectivity index (χ0n) is 10.3. The number of aryl methyl sites for hydroxylation is 1. The molecule has 0 unspecified atom stereocenters. The molecule has 1 amide bonds. The van der Waals surface area contributed by atoms with Crippen LogP contribution in [0.5, 0.6) is 0 Å². The van der Waals surface area contributed by atoms with Gasteiger partial charge < -0.3 is 0 Å². The van der Waals surface area contributed by atoms with Crippen LogP contribution in [0.3, 0.4) is 0 Å². The molecule has 1 heterocycles. The summed E-state index contributed by atoms with van der Waals surface area (Å²) in [5.41, 5.74) is 1.35. The van der Waals surface area contributed by atoms with Crippen LogP contribution in [-0.4, -0.2) is 26.1 Å². The van der Waals surface area contributed by atoms with Crippen LogP contribution >= 0.6 is 11.6 Å². The Labute approximate surface area is 115 Å². The molecule has 0 aliphatic heterocycles. The van der Waals surface area contributed by atoms with Crippen molar-refractivity contribution in [3.63, 3.8) is 0 Å². The Balaban J connectivity index is 2.11. The van der Waals surface area contributed by atoms with Crippen LogP contribution in [0, 0.1) is 6.92 Å². The number of nitrogens with one attached hydrogen (secondary N) is 1. The van der Waals surface area contributed by atoms with Gasteiger partial charge >= 0.3 is 0 Å². The van der Waals surface area contributed by atoms with E-state index in [1.54, 1.807) is 24.3 Å². The van der Waals surface area contributed by atoms with Crippen LogP contribution in [0.1, 0.15) is 15.9 Å². The van der Waals surface area contributed by atoms with Crippen molar-refractivity contribution >= 4 is 23.5 Å². The lowest BCUT2D eigenvalue weighted by Gasteiger charge is -2.03. The maximum atomic E-state index is 11.9. The van der Waals surface area contributed by atoms with Crippen molar-refractivity contribution in [3.8, 4) is 0 Å². The molecule has 2 rings (SSSR count). The molecule has 6 nitrogen and oxygen atoms in total. The van der Waals surface area contributed by atoms with Crippen LogP contribution < -0.4 is 5.32 Å². The Morgan fingerprint density at radius 2 is 2.37 bits per heavy atom. The third-order valence-electron chi connectivity index (χ3n) is 2.40. The summed E-state index contributed by atoms with van der Waals surface area (Å²) in [7, 11) is 0. The van der Waals surface area contributed by atoms with E-state index in [0.29, 0.717) is 17.1 Å². The fourth-order valence-electron chi connectivity index (χ4n) is 1.39. The number of hydrogen-bond donors (Lipinski definition) is 1. The van der Waals surface area contributed by atoms with Crippen molar-refractivity contribution in [2.75, 3.05) is 5.32 Å². The minimum Gasteiger partial charge on any atom is -0.288 e. The number of amides is 1. The Bertz CT molecular complexity index is 622. The number of allylic oxidation sites excluding steroid dienone is 1. The van der Waals surface area contributed by atoms with Gasteiger partial charge in [0.15, 0.2) is 0 Å². The smallest absolute Gasteiger partial charge is 0.270 e. The number of halogens is 1. The maximum Gasteiger partial charge on any atom is 0.270 e. The lowest BCUT2D eigenvalue weighted by Crippen LogP contribution is -2.13. The molecule has 0 aliphatic carbocycles. The normalized spacial score (nSPS) is 10.2. The van der Waals surface area contributed by atoms with Crippen molar-refractivity contribution in [2.24, 2.45) is 0 Å². The van der Waals surface area contributed by atoms with Gasteiger partial charge in [0.2, 0.25) is 0 Å². The second kappa shape index (κ2) is 5.62. The first-order valence-corrected chi connectivity index (χ1v) is 5.94. The van der Waals surface area contributed by atoms with E-state index in [1.165, 1.54) is 4.80 Å². The molecule has 0 bridgehead atoms. The van der Waals surface area contributed by atoms with E-state index < -0.39 is 0 Å². The highest BCUT2D eigenvalue weighted by atomic mass is 35.5. The lowest BCUT2D eigenvalue weighted by atomic mass is 10.1. The SMILES string of the molecule is C=CCn1nnc(NC(=O)c2ccc(C)c(Cl)c2)n1. The van der Waals surface area contributed by atoms with Gasteiger partial charge in [0.05, 0.1) is 6.54 Å². The molecular formula is C12H12ClN5O. The number of benzene rings is 1. The second-order valence-corrected chi connectivity index (χ2v) is 4.28. The molecule has 0 saturated heterocycles. The average Bonchev–Trinajstić information content (AvgIpc) is 2.80. The van der Waals surface area contributed by atoms with Gasteiger partial charge in [-0.15, -0.1) is 11.7 Å². The molecular weight excluding hydrogens is 266 g/mol. The second-order valence-electron chi connectivity index (χ2n) is 3.87. The van der Waals surface area contributed by atoms with Gasteiger partial charge in [0.25, 0.3) is 11.9 Å². The van der Waals surface area contributed by atoms with Crippen molar-refractivity contribution in [1.29, 1.82) is 0 Å². The predicted molar refractivity (Wildman–Crippen MR) is 72.2 cm³/mol. The Hall–Kier alpha value is -2.21. The average molecular weight is 278 g/mol. The minimum atomic E-state index is -0.333. The number of aromatic nitrogens is 4. The first-order valence-electron chi connectivity index (χ1n) is 5.56. The van der Waals surface area contributed by atoms with Gasteiger partial charge in [-0.25, -0.2) is 0 Å². The third-order valence-corrected chi connectivity index (χ3v) is 2.81. The zero-order chi connectivity index (χ0) is 13.8. The van der Waals surface area contributed by atoms with E-state index in [9.17, 15) is 4.79 Å². The van der Waals surface area contributed by atoms with E-state index in [4.69, 9.17) is 11.6 Å². The van der Waals surface area contributed by atoms with Gasteiger partial charge in [0.1, 0.15) is 0 Å². The molecule has 0 atom stereocenters. The molecule has 0 saturated carbocycles. The number of anilines is 1. The highest BCUT2D eigenvalue weighted by Crippen LogP contribution is 2.17. The monoisotopic (exact) mass is 277 g/mol. The highest BCUT2D eigenvalue weighted by molar-refractivity contribution is 6.31. The molecule has 19 heavy (non-hydrogen) atoms. The number of carbonyl (C=O) groups is 1. The van der Waals surface area contributed by atoms with Gasteiger partial charge in [-0.2, -0.15) is 4.80 Å². The summed E-state index contributed by atoms with van der Waals surface area (Å²) in [5, 5.41) is 14.5. The Morgan fingerprint density at radius 1 is 1.58 bits per heavy atom. The summed E-state index contributed by atoms with van der Waals surface area (Å²) in [6, 6.07) is 5.06. The van der Waals surface area contributed by atoms with Gasteiger partial charge in [-0.1, -0.05) is 28.8 Å². The summed E-state index contributed by atoms with van der Waals surface area (Å²) in [6.07, 6.45) is 1.63. The Morgan fingerprint density at radius 3 is 3.05 bits per heavy atom. The quantitative estimate of drug-likeness (QED) is 0.869. The van der Waals surface area contributed by atoms with Crippen LogP contribution in [-0.2, 0) is 6.54 Å². The van der Waals surface area contributed by atoms with E-state index in [0.717, 1.165) is 5.56 Å².